The Kier molecular flexibility index (Phi) is 9.55. The molecule has 2 rings (SSSR count). The Bertz CT molecular complexity index is 1080. The molecule has 0 aromatic heterocycles. The summed E-state index contributed by atoms with van der Waals surface area (Å²) in [6.45, 7) is 3.61. The van der Waals surface area contributed by atoms with Gasteiger partial charge < -0.3 is 15.0 Å². The van der Waals surface area contributed by atoms with Gasteiger partial charge in [0.2, 0.25) is 21.8 Å². The predicted molar refractivity (Wildman–Crippen MR) is 130 cm³/mol. The van der Waals surface area contributed by atoms with Gasteiger partial charge in [0.1, 0.15) is 18.3 Å². The summed E-state index contributed by atoms with van der Waals surface area (Å²) >= 11 is 6.21. The van der Waals surface area contributed by atoms with Crippen LogP contribution in [0.3, 0.4) is 0 Å². The molecule has 1 atom stereocenters. The minimum atomic E-state index is -3.83. The highest BCUT2D eigenvalue weighted by molar-refractivity contribution is 7.92. The molecule has 0 bridgehead atoms. The van der Waals surface area contributed by atoms with Crippen LogP contribution in [0.15, 0.2) is 48.5 Å². The number of hydrogen-bond acceptors (Lipinski definition) is 5. The van der Waals surface area contributed by atoms with E-state index in [0.29, 0.717) is 12.3 Å². The third-order valence-corrected chi connectivity index (χ3v) is 6.45. The maximum Gasteiger partial charge on any atom is 0.244 e. The van der Waals surface area contributed by atoms with Crippen LogP contribution in [0.2, 0.25) is 5.02 Å². The fraction of sp³-hybridized carbons (Fsp3) is 0.391. The van der Waals surface area contributed by atoms with Crippen molar-refractivity contribution in [2.45, 2.75) is 32.9 Å². The van der Waals surface area contributed by atoms with E-state index in [0.717, 1.165) is 22.5 Å². The topological polar surface area (TPSA) is 96.0 Å². The fourth-order valence-electron chi connectivity index (χ4n) is 3.19. The van der Waals surface area contributed by atoms with Crippen LogP contribution >= 0.6 is 11.6 Å². The lowest BCUT2D eigenvalue weighted by Crippen LogP contribution is -2.51. The van der Waals surface area contributed by atoms with Crippen LogP contribution in [0.4, 0.5) is 5.69 Å². The van der Waals surface area contributed by atoms with Crippen LogP contribution in [0, 0.1) is 0 Å². The van der Waals surface area contributed by atoms with E-state index in [-0.39, 0.29) is 23.2 Å². The zero-order valence-corrected chi connectivity index (χ0v) is 20.8. The van der Waals surface area contributed by atoms with Crippen LogP contribution in [0.25, 0.3) is 0 Å². The van der Waals surface area contributed by atoms with E-state index in [1.54, 1.807) is 43.3 Å². The predicted octanol–water partition coefficient (Wildman–Crippen LogP) is 3.06. The summed E-state index contributed by atoms with van der Waals surface area (Å²) in [4.78, 5) is 27.5. The van der Waals surface area contributed by atoms with E-state index >= 15 is 0 Å². The molecule has 33 heavy (non-hydrogen) atoms. The lowest BCUT2D eigenvalue weighted by atomic mass is 10.1. The van der Waals surface area contributed by atoms with Crippen molar-refractivity contribution in [3.63, 3.8) is 0 Å². The fourth-order valence-corrected chi connectivity index (χ4v) is 4.34. The first kappa shape index (κ1) is 26.5. The van der Waals surface area contributed by atoms with E-state index in [4.69, 9.17) is 16.3 Å². The summed E-state index contributed by atoms with van der Waals surface area (Å²) in [5.41, 5.74) is 0.931. The van der Waals surface area contributed by atoms with Gasteiger partial charge in [-0.1, -0.05) is 42.8 Å². The number of rotatable bonds is 11. The van der Waals surface area contributed by atoms with Crippen molar-refractivity contribution in [2.75, 3.05) is 30.8 Å². The Morgan fingerprint density at radius 3 is 2.45 bits per heavy atom. The molecule has 1 N–H and O–H groups in total. The molecule has 2 aromatic carbocycles. The Morgan fingerprint density at radius 1 is 1.15 bits per heavy atom. The second kappa shape index (κ2) is 11.9. The van der Waals surface area contributed by atoms with E-state index in [2.05, 4.69) is 5.32 Å². The number of benzene rings is 2. The van der Waals surface area contributed by atoms with Gasteiger partial charge >= 0.3 is 0 Å². The first-order valence-corrected chi connectivity index (χ1v) is 12.7. The number of nitrogens with zero attached hydrogens (tertiary/aromatic N) is 2. The number of nitrogens with one attached hydrogen (secondary N) is 1. The molecule has 10 heteroatoms. The SMILES string of the molecule is CCCNC(=O)C(C)N(Cc1cccc(OC)c1)C(=O)CN(c1ccccc1Cl)S(C)(=O)=O. The van der Waals surface area contributed by atoms with Crippen LogP contribution in [-0.2, 0) is 26.2 Å². The van der Waals surface area contributed by atoms with E-state index in [1.807, 2.05) is 13.0 Å². The molecule has 0 saturated heterocycles. The highest BCUT2D eigenvalue weighted by atomic mass is 35.5. The summed E-state index contributed by atoms with van der Waals surface area (Å²) in [5, 5.41) is 2.99. The Labute approximate surface area is 200 Å². The van der Waals surface area contributed by atoms with Gasteiger partial charge in [-0.3, -0.25) is 13.9 Å². The smallest absolute Gasteiger partial charge is 0.244 e. The quantitative estimate of drug-likeness (QED) is 0.517. The zero-order chi connectivity index (χ0) is 24.6. The average molecular weight is 496 g/mol. The third-order valence-electron chi connectivity index (χ3n) is 5.00. The first-order chi connectivity index (χ1) is 15.6. The Balaban J connectivity index is 2.39. The summed E-state index contributed by atoms with van der Waals surface area (Å²) in [5.74, 6) is -0.254. The number of hydrogen-bond donors (Lipinski definition) is 1. The number of halogens is 1. The highest BCUT2D eigenvalue weighted by Crippen LogP contribution is 2.27. The van der Waals surface area contributed by atoms with Crippen molar-refractivity contribution < 1.29 is 22.7 Å². The lowest BCUT2D eigenvalue weighted by molar-refractivity contribution is -0.139. The van der Waals surface area contributed by atoms with E-state index < -0.39 is 28.5 Å². The second-order valence-electron chi connectivity index (χ2n) is 7.56. The second-order valence-corrected chi connectivity index (χ2v) is 9.88. The average Bonchev–Trinajstić information content (AvgIpc) is 2.78. The molecule has 0 spiro atoms. The first-order valence-electron chi connectivity index (χ1n) is 10.5. The molecule has 0 aliphatic heterocycles. The number of methoxy groups -OCH3 is 1. The number of anilines is 1. The molecule has 0 aliphatic carbocycles. The molecule has 2 aromatic rings. The summed E-state index contributed by atoms with van der Waals surface area (Å²) in [7, 11) is -2.29. The van der Waals surface area contributed by atoms with E-state index in [1.165, 1.54) is 18.1 Å². The molecule has 0 saturated carbocycles. The highest BCUT2D eigenvalue weighted by Gasteiger charge is 2.30. The van der Waals surface area contributed by atoms with Crippen LogP contribution < -0.4 is 14.4 Å². The Morgan fingerprint density at radius 2 is 1.85 bits per heavy atom. The van der Waals surface area contributed by atoms with E-state index in [9.17, 15) is 18.0 Å². The molecule has 180 valence electrons. The molecular formula is C23H30ClN3O5S. The van der Waals surface area contributed by atoms with Gasteiger partial charge in [0, 0.05) is 13.1 Å². The molecule has 0 fully saturated rings. The van der Waals surface area contributed by atoms with Crippen molar-refractivity contribution in [1.82, 2.24) is 10.2 Å². The van der Waals surface area contributed by atoms with Crippen LogP contribution in [0.5, 0.6) is 5.75 Å². The van der Waals surface area contributed by atoms with Crippen molar-refractivity contribution in [3.05, 3.63) is 59.1 Å². The molecule has 0 heterocycles. The standard InChI is InChI=1S/C23H30ClN3O5S/c1-5-13-25-23(29)17(2)26(15-18-9-8-10-19(14-18)32-3)22(28)16-27(33(4,30)31)21-12-7-6-11-20(21)24/h6-12,14,17H,5,13,15-16H2,1-4H3,(H,25,29). The van der Waals surface area contributed by atoms with Crippen LogP contribution in [0.1, 0.15) is 25.8 Å². The zero-order valence-electron chi connectivity index (χ0n) is 19.2. The molecular weight excluding hydrogens is 466 g/mol. The van der Waals surface area contributed by atoms with Crippen LogP contribution in [-0.4, -0.2) is 57.6 Å². The molecule has 2 amide bonds. The minimum absolute atomic E-state index is 0.0941. The van der Waals surface area contributed by atoms with Gasteiger partial charge in [-0.2, -0.15) is 0 Å². The normalized spacial score (nSPS) is 12.0. The summed E-state index contributed by atoms with van der Waals surface area (Å²) in [6, 6.07) is 12.7. The Hall–Kier alpha value is -2.78. The number of ether oxygens (including phenoxy) is 1. The largest absolute Gasteiger partial charge is 0.497 e. The molecule has 8 nitrogen and oxygen atoms in total. The lowest BCUT2D eigenvalue weighted by Gasteiger charge is -2.31. The maximum atomic E-state index is 13.4. The maximum absolute atomic E-state index is 13.4. The van der Waals surface area contributed by atoms with Crippen molar-refractivity contribution in [1.29, 1.82) is 0 Å². The summed E-state index contributed by atoms with van der Waals surface area (Å²) < 4.78 is 31.3. The minimum Gasteiger partial charge on any atom is -0.497 e. The van der Waals surface area contributed by atoms with Gasteiger partial charge in [-0.15, -0.1) is 0 Å². The number of amides is 2. The number of carbonyl (C=O) groups is 2. The molecule has 0 aliphatic rings. The van der Waals surface area contributed by atoms with Crippen molar-refractivity contribution in [3.8, 4) is 5.75 Å². The molecule has 0 radical (unpaired) electrons. The number of sulfonamides is 1. The van der Waals surface area contributed by atoms with Gasteiger partial charge in [-0.25, -0.2) is 8.42 Å². The van der Waals surface area contributed by atoms with Gasteiger partial charge in [0.05, 0.1) is 24.1 Å². The monoisotopic (exact) mass is 495 g/mol. The summed E-state index contributed by atoms with van der Waals surface area (Å²) in [6.07, 6.45) is 1.75. The van der Waals surface area contributed by atoms with Crippen molar-refractivity contribution in [2.24, 2.45) is 0 Å². The van der Waals surface area contributed by atoms with Gasteiger partial charge in [-0.05, 0) is 43.2 Å². The molecule has 1 unspecified atom stereocenters. The number of para-hydroxylation sites is 1. The van der Waals surface area contributed by atoms with Crippen molar-refractivity contribution >= 4 is 39.1 Å². The number of carbonyl (C=O) groups excluding carboxylic acids is 2. The van der Waals surface area contributed by atoms with Gasteiger partial charge in [0.25, 0.3) is 0 Å². The van der Waals surface area contributed by atoms with Gasteiger partial charge in [0.15, 0.2) is 0 Å². The third kappa shape index (κ3) is 7.36.